The number of carbonyl (C=O) groups is 1. The third-order valence-electron chi connectivity index (χ3n) is 3.19. The third-order valence-corrected chi connectivity index (χ3v) is 3.44. The summed E-state index contributed by atoms with van der Waals surface area (Å²) in [7, 11) is 0. The van der Waals surface area contributed by atoms with Crippen LogP contribution in [-0.2, 0) is 11.0 Å². The molecule has 1 amide bonds. The summed E-state index contributed by atoms with van der Waals surface area (Å²) in [5, 5.41) is 10.3. The summed E-state index contributed by atoms with van der Waals surface area (Å²) in [5.74, 6) is -0.516. The molecule has 6 nitrogen and oxygen atoms in total. The number of hydrogen-bond acceptors (Lipinski definition) is 4. The molecule has 2 aromatic carbocycles. The highest BCUT2D eigenvalue weighted by Crippen LogP contribution is 2.30. The molecule has 0 bridgehead atoms. The molecule has 0 aliphatic rings. The summed E-state index contributed by atoms with van der Waals surface area (Å²) in [6.45, 7) is -0.461. The lowest BCUT2D eigenvalue weighted by molar-refractivity contribution is -0.137. The summed E-state index contributed by atoms with van der Waals surface area (Å²) in [6.07, 6.45) is -4.50. The molecule has 3 aromatic rings. The van der Waals surface area contributed by atoms with Crippen LogP contribution < -0.4 is 10.2 Å². The summed E-state index contributed by atoms with van der Waals surface area (Å²) in [4.78, 5) is 17.8. The second kappa shape index (κ2) is 6.60. The van der Waals surface area contributed by atoms with Gasteiger partial charge in [0, 0.05) is 10.7 Å². The van der Waals surface area contributed by atoms with Crippen LogP contribution in [0, 0.1) is 0 Å². The van der Waals surface area contributed by atoms with Gasteiger partial charge in [0.05, 0.1) is 5.56 Å². The van der Waals surface area contributed by atoms with E-state index < -0.39 is 24.3 Å². The van der Waals surface area contributed by atoms with Gasteiger partial charge < -0.3 is 10.2 Å². The first-order valence-corrected chi connectivity index (χ1v) is 7.32. The van der Waals surface area contributed by atoms with Crippen LogP contribution >= 0.6 is 11.6 Å². The van der Waals surface area contributed by atoms with E-state index in [0.29, 0.717) is 10.7 Å². The Morgan fingerprint density at radius 3 is 2.60 bits per heavy atom. The van der Waals surface area contributed by atoms with Crippen molar-refractivity contribution in [1.82, 2.24) is 15.2 Å². The normalized spacial score (nSPS) is 11.5. The van der Waals surface area contributed by atoms with Crippen molar-refractivity contribution in [3.05, 3.63) is 53.1 Å². The number of anilines is 1. The average molecular weight is 371 g/mol. The van der Waals surface area contributed by atoms with Crippen molar-refractivity contribution in [2.24, 2.45) is 0 Å². The van der Waals surface area contributed by atoms with Crippen LogP contribution in [0.5, 0.6) is 0 Å². The molecule has 0 fully saturated rings. The van der Waals surface area contributed by atoms with Gasteiger partial charge in [-0.2, -0.15) is 13.2 Å². The lowest BCUT2D eigenvalue weighted by atomic mass is 10.2. The molecule has 1 N–H and O–H groups in total. The highest BCUT2D eigenvalue weighted by Gasteiger charge is 2.31. The maximum Gasteiger partial charge on any atom is 0.416 e. The Kier molecular flexibility index (Phi) is 4.49. The van der Waals surface area contributed by atoms with Crippen LogP contribution in [0.15, 0.2) is 42.5 Å². The second-order valence-corrected chi connectivity index (χ2v) is 5.43. The Labute approximate surface area is 144 Å². The molecule has 10 heteroatoms. The minimum Gasteiger partial charge on any atom is -0.385 e. The molecular formula is C15H10ClF3N4O2. The van der Waals surface area contributed by atoms with Crippen molar-refractivity contribution < 1.29 is 22.8 Å². The number of rotatable bonds is 4. The van der Waals surface area contributed by atoms with Gasteiger partial charge in [-0.3, -0.25) is 4.79 Å². The first-order valence-electron chi connectivity index (χ1n) is 6.94. The number of alkyl halides is 3. The van der Waals surface area contributed by atoms with Gasteiger partial charge >= 0.3 is 6.18 Å². The van der Waals surface area contributed by atoms with Gasteiger partial charge in [0.15, 0.2) is 6.61 Å². The van der Waals surface area contributed by atoms with Crippen molar-refractivity contribution in [3.8, 4) is 0 Å². The molecule has 0 radical (unpaired) electrons. The van der Waals surface area contributed by atoms with Gasteiger partial charge in [-0.1, -0.05) is 16.4 Å². The smallest absolute Gasteiger partial charge is 0.385 e. The number of amides is 1. The van der Waals surface area contributed by atoms with Gasteiger partial charge in [0.2, 0.25) is 0 Å². The van der Waals surface area contributed by atoms with Crippen molar-refractivity contribution in [1.29, 1.82) is 0 Å². The molecule has 1 aromatic heterocycles. The Morgan fingerprint density at radius 1 is 1.20 bits per heavy atom. The highest BCUT2D eigenvalue weighted by atomic mass is 35.5. The lowest BCUT2D eigenvalue weighted by Crippen LogP contribution is -2.26. The quantitative estimate of drug-likeness (QED) is 0.766. The number of carbonyl (C=O) groups excluding carboxylic acids is 1. The molecule has 3 rings (SSSR count). The SMILES string of the molecule is O=C(COn1nnc2ccc(C(F)(F)F)cc21)Nc1ccc(Cl)cc1. The van der Waals surface area contributed by atoms with Crippen molar-refractivity contribution in [2.75, 3.05) is 11.9 Å². The van der Waals surface area contributed by atoms with Gasteiger partial charge in [0.25, 0.3) is 5.91 Å². The standard InChI is InChI=1S/C15H10ClF3N4O2/c16-10-2-4-11(5-3-10)20-14(24)8-25-23-13-7-9(15(17,18)19)1-6-12(13)21-22-23/h1-7H,8H2,(H,20,24). The lowest BCUT2D eigenvalue weighted by Gasteiger charge is -2.08. The van der Waals surface area contributed by atoms with E-state index in [2.05, 4.69) is 15.6 Å². The van der Waals surface area contributed by atoms with E-state index >= 15 is 0 Å². The number of benzene rings is 2. The predicted molar refractivity (Wildman–Crippen MR) is 84.1 cm³/mol. The van der Waals surface area contributed by atoms with E-state index in [1.54, 1.807) is 24.3 Å². The molecule has 0 aliphatic heterocycles. The number of fused-ring (bicyclic) bond motifs is 1. The fraction of sp³-hybridized carbons (Fsp3) is 0.133. The molecule has 0 saturated carbocycles. The van der Waals surface area contributed by atoms with Gasteiger partial charge in [-0.15, -0.1) is 5.10 Å². The van der Waals surface area contributed by atoms with Crippen molar-refractivity contribution in [2.45, 2.75) is 6.18 Å². The maximum atomic E-state index is 12.8. The third kappa shape index (κ3) is 4.00. The fourth-order valence-corrected chi connectivity index (χ4v) is 2.15. The van der Waals surface area contributed by atoms with Gasteiger partial charge in [-0.05, 0) is 47.7 Å². The van der Waals surface area contributed by atoms with E-state index in [1.807, 2.05) is 0 Å². The topological polar surface area (TPSA) is 69.0 Å². The number of aromatic nitrogens is 3. The zero-order valence-corrected chi connectivity index (χ0v) is 13.2. The number of nitrogens with zero attached hydrogens (tertiary/aromatic N) is 3. The summed E-state index contributed by atoms with van der Waals surface area (Å²) in [5.41, 5.74) is -0.140. The minimum atomic E-state index is -4.50. The van der Waals surface area contributed by atoms with Crippen LogP contribution in [0.25, 0.3) is 11.0 Å². The van der Waals surface area contributed by atoms with Crippen LogP contribution in [0.1, 0.15) is 5.56 Å². The fourth-order valence-electron chi connectivity index (χ4n) is 2.02. The van der Waals surface area contributed by atoms with Crippen LogP contribution in [0.2, 0.25) is 5.02 Å². The second-order valence-electron chi connectivity index (χ2n) is 4.99. The molecule has 0 saturated heterocycles. The van der Waals surface area contributed by atoms with Crippen molar-refractivity contribution in [3.63, 3.8) is 0 Å². The zero-order valence-electron chi connectivity index (χ0n) is 12.4. The van der Waals surface area contributed by atoms with Gasteiger partial charge in [0.1, 0.15) is 11.0 Å². The Hall–Kier alpha value is -2.81. The van der Waals surface area contributed by atoms with Crippen LogP contribution in [0.3, 0.4) is 0 Å². The maximum absolute atomic E-state index is 12.8. The Bertz CT molecular complexity index is 909. The molecule has 0 atom stereocenters. The first-order chi connectivity index (χ1) is 11.8. The molecule has 1 heterocycles. The molecule has 0 aliphatic carbocycles. The number of halogens is 4. The van der Waals surface area contributed by atoms with E-state index in [-0.39, 0.29) is 11.0 Å². The van der Waals surface area contributed by atoms with Crippen LogP contribution in [0.4, 0.5) is 18.9 Å². The van der Waals surface area contributed by atoms with Gasteiger partial charge in [-0.25, -0.2) is 0 Å². The monoisotopic (exact) mass is 370 g/mol. The minimum absolute atomic E-state index is 0.00844. The zero-order chi connectivity index (χ0) is 18.0. The summed E-state index contributed by atoms with van der Waals surface area (Å²) < 4.78 is 38.3. The predicted octanol–water partition coefficient (Wildman–Crippen LogP) is 3.17. The van der Waals surface area contributed by atoms with E-state index in [0.717, 1.165) is 17.0 Å². The van der Waals surface area contributed by atoms with E-state index in [1.165, 1.54) is 6.07 Å². The van der Waals surface area contributed by atoms with Crippen LogP contribution in [-0.4, -0.2) is 27.7 Å². The first kappa shape index (κ1) is 17.0. The molecule has 130 valence electrons. The average Bonchev–Trinajstić information content (AvgIpc) is 2.96. The highest BCUT2D eigenvalue weighted by molar-refractivity contribution is 6.30. The van der Waals surface area contributed by atoms with Crippen molar-refractivity contribution >= 4 is 34.2 Å². The Balaban J connectivity index is 1.70. The summed E-state index contributed by atoms with van der Waals surface area (Å²) >= 11 is 5.74. The Morgan fingerprint density at radius 2 is 1.92 bits per heavy atom. The number of hydrogen-bond donors (Lipinski definition) is 1. The molecular weight excluding hydrogens is 361 g/mol. The van der Waals surface area contributed by atoms with E-state index in [4.69, 9.17) is 16.4 Å². The molecule has 0 unspecified atom stereocenters. The van der Waals surface area contributed by atoms with E-state index in [9.17, 15) is 18.0 Å². The summed E-state index contributed by atoms with van der Waals surface area (Å²) in [6, 6.07) is 9.32. The largest absolute Gasteiger partial charge is 0.416 e. The number of nitrogens with one attached hydrogen (secondary N) is 1. The molecule has 0 spiro atoms. The molecule has 25 heavy (non-hydrogen) atoms.